The number of fused-ring (bicyclic) bond motifs is 1. The number of ether oxygens (including phenoxy) is 1. The molecular weight excluding hydrogens is 452 g/mol. The number of rotatable bonds is 9. The van der Waals surface area contributed by atoms with E-state index in [2.05, 4.69) is 4.90 Å². The molecule has 9 heteroatoms. The number of carbonyl (C=O) groups is 3. The molecule has 1 aliphatic rings. The van der Waals surface area contributed by atoms with Gasteiger partial charge in [0.25, 0.3) is 5.91 Å². The minimum Gasteiger partial charge on any atom is -0.492 e. The maximum Gasteiger partial charge on any atom is 0.260 e. The van der Waals surface area contributed by atoms with Crippen LogP contribution < -0.4 is 14.5 Å². The molecule has 4 rings (SSSR count). The Labute approximate surface area is 202 Å². The van der Waals surface area contributed by atoms with Crippen LogP contribution in [0.5, 0.6) is 5.75 Å². The molecule has 1 saturated heterocycles. The maximum atomic E-state index is 13.7. The van der Waals surface area contributed by atoms with E-state index in [1.807, 2.05) is 39.2 Å². The third-order valence-electron chi connectivity index (χ3n) is 5.54. The number of imide groups is 1. The van der Waals surface area contributed by atoms with E-state index in [4.69, 9.17) is 9.72 Å². The van der Waals surface area contributed by atoms with Gasteiger partial charge < -0.3 is 9.64 Å². The Hall–Kier alpha value is -3.30. The van der Waals surface area contributed by atoms with E-state index in [-0.39, 0.29) is 30.6 Å². The molecule has 1 fully saturated rings. The summed E-state index contributed by atoms with van der Waals surface area (Å²) < 4.78 is 6.67. The van der Waals surface area contributed by atoms with E-state index in [1.54, 1.807) is 29.2 Å². The lowest BCUT2D eigenvalue weighted by Gasteiger charge is -2.22. The highest BCUT2D eigenvalue weighted by atomic mass is 32.1. The number of hydrogen-bond donors (Lipinski definition) is 0. The van der Waals surface area contributed by atoms with E-state index in [0.29, 0.717) is 35.3 Å². The SMILES string of the molecule is CCOc1cccc2sc(N(CCCN(C)C)C(=O)c3cccc(N4C(=O)CCC4=O)c3)nc12. The van der Waals surface area contributed by atoms with Crippen LogP contribution in [0.3, 0.4) is 0 Å². The number of thiazole rings is 1. The predicted molar refractivity (Wildman–Crippen MR) is 134 cm³/mol. The molecule has 0 radical (unpaired) electrons. The van der Waals surface area contributed by atoms with Crippen molar-refractivity contribution in [2.24, 2.45) is 0 Å². The Morgan fingerprint density at radius 1 is 1.09 bits per heavy atom. The molecule has 178 valence electrons. The highest BCUT2D eigenvalue weighted by Gasteiger charge is 2.31. The molecule has 3 amide bonds. The number of amides is 3. The van der Waals surface area contributed by atoms with Gasteiger partial charge in [0.2, 0.25) is 11.8 Å². The summed E-state index contributed by atoms with van der Waals surface area (Å²) >= 11 is 1.44. The van der Waals surface area contributed by atoms with Crippen LogP contribution in [0.2, 0.25) is 0 Å². The van der Waals surface area contributed by atoms with Crippen molar-refractivity contribution in [3.63, 3.8) is 0 Å². The van der Waals surface area contributed by atoms with Crippen LogP contribution in [0.4, 0.5) is 10.8 Å². The molecule has 1 aliphatic heterocycles. The third kappa shape index (κ3) is 4.95. The number of benzene rings is 2. The van der Waals surface area contributed by atoms with Crippen molar-refractivity contribution in [3.05, 3.63) is 48.0 Å². The Bertz CT molecular complexity index is 1210. The first-order valence-electron chi connectivity index (χ1n) is 11.3. The summed E-state index contributed by atoms with van der Waals surface area (Å²) in [6, 6.07) is 12.5. The zero-order valence-electron chi connectivity index (χ0n) is 19.6. The normalized spacial score (nSPS) is 13.8. The molecule has 0 spiro atoms. The zero-order valence-corrected chi connectivity index (χ0v) is 20.4. The summed E-state index contributed by atoms with van der Waals surface area (Å²) in [5, 5.41) is 0.588. The van der Waals surface area contributed by atoms with Crippen LogP contribution in [0.15, 0.2) is 42.5 Å². The summed E-state index contributed by atoms with van der Waals surface area (Å²) in [6.45, 7) is 3.74. The molecule has 2 heterocycles. The minimum absolute atomic E-state index is 0.196. The van der Waals surface area contributed by atoms with Crippen LogP contribution >= 0.6 is 11.3 Å². The molecule has 2 aromatic carbocycles. The molecule has 0 bridgehead atoms. The van der Waals surface area contributed by atoms with Gasteiger partial charge in [-0.3, -0.25) is 24.2 Å². The van der Waals surface area contributed by atoms with Gasteiger partial charge in [-0.05, 0) is 64.3 Å². The molecule has 1 aromatic heterocycles. The van der Waals surface area contributed by atoms with Gasteiger partial charge in [-0.15, -0.1) is 0 Å². The molecule has 34 heavy (non-hydrogen) atoms. The monoisotopic (exact) mass is 480 g/mol. The molecule has 0 saturated carbocycles. The second-order valence-corrected chi connectivity index (χ2v) is 9.33. The Morgan fingerprint density at radius 3 is 2.53 bits per heavy atom. The van der Waals surface area contributed by atoms with Crippen LogP contribution in [0.25, 0.3) is 10.2 Å². The average molecular weight is 481 g/mol. The molecule has 0 atom stereocenters. The standard InChI is InChI=1S/C25H28N4O4S/c1-4-33-19-10-6-11-20-23(19)26-25(34-20)28(15-7-14-27(2)3)24(32)17-8-5-9-18(16-17)29-21(30)12-13-22(29)31/h5-6,8-11,16H,4,7,12-15H2,1-3H3. The van der Waals surface area contributed by atoms with E-state index >= 15 is 0 Å². The molecule has 0 aliphatic carbocycles. The van der Waals surface area contributed by atoms with Gasteiger partial charge in [0.1, 0.15) is 11.3 Å². The number of hydrogen-bond acceptors (Lipinski definition) is 7. The number of carbonyl (C=O) groups excluding carboxylic acids is 3. The second-order valence-electron chi connectivity index (χ2n) is 8.32. The second kappa shape index (κ2) is 10.3. The van der Waals surface area contributed by atoms with Gasteiger partial charge in [-0.25, -0.2) is 4.98 Å². The van der Waals surface area contributed by atoms with Gasteiger partial charge in [-0.2, -0.15) is 0 Å². The van der Waals surface area contributed by atoms with Crippen molar-refractivity contribution in [1.82, 2.24) is 9.88 Å². The van der Waals surface area contributed by atoms with Crippen molar-refractivity contribution in [3.8, 4) is 5.75 Å². The minimum atomic E-state index is -0.243. The van der Waals surface area contributed by atoms with E-state index in [9.17, 15) is 14.4 Å². The van der Waals surface area contributed by atoms with E-state index in [1.165, 1.54) is 16.2 Å². The highest BCUT2D eigenvalue weighted by Crippen LogP contribution is 2.35. The Kier molecular flexibility index (Phi) is 7.23. The lowest BCUT2D eigenvalue weighted by Crippen LogP contribution is -2.34. The fourth-order valence-electron chi connectivity index (χ4n) is 3.93. The molecular formula is C25H28N4O4S. The summed E-state index contributed by atoms with van der Waals surface area (Å²) in [5.41, 5.74) is 1.56. The van der Waals surface area contributed by atoms with Crippen molar-refractivity contribution < 1.29 is 19.1 Å². The largest absolute Gasteiger partial charge is 0.492 e. The van der Waals surface area contributed by atoms with Crippen LogP contribution in [0.1, 0.15) is 36.5 Å². The molecule has 3 aromatic rings. The van der Waals surface area contributed by atoms with Gasteiger partial charge in [-0.1, -0.05) is 23.5 Å². The summed E-state index contributed by atoms with van der Waals surface area (Å²) in [6.07, 6.45) is 1.15. The van der Waals surface area contributed by atoms with Crippen molar-refractivity contribution in [1.29, 1.82) is 0 Å². The van der Waals surface area contributed by atoms with Gasteiger partial charge in [0, 0.05) is 24.9 Å². The Morgan fingerprint density at radius 2 is 1.82 bits per heavy atom. The van der Waals surface area contributed by atoms with E-state index < -0.39 is 0 Å². The first kappa shape index (κ1) is 23.8. The van der Waals surface area contributed by atoms with Gasteiger partial charge >= 0.3 is 0 Å². The van der Waals surface area contributed by atoms with Crippen LogP contribution in [-0.2, 0) is 9.59 Å². The first-order chi connectivity index (χ1) is 16.4. The van der Waals surface area contributed by atoms with Gasteiger partial charge in [0.05, 0.1) is 17.0 Å². The third-order valence-corrected chi connectivity index (χ3v) is 6.58. The predicted octanol–water partition coefficient (Wildman–Crippen LogP) is 3.95. The van der Waals surface area contributed by atoms with E-state index in [0.717, 1.165) is 23.2 Å². The number of anilines is 2. The van der Waals surface area contributed by atoms with Gasteiger partial charge in [0.15, 0.2) is 5.13 Å². The highest BCUT2D eigenvalue weighted by molar-refractivity contribution is 7.22. The van der Waals surface area contributed by atoms with Crippen LogP contribution in [0, 0.1) is 0 Å². The molecule has 8 nitrogen and oxygen atoms in total. The quantitative estimate of drug-likeness (QED) is 0.432. The van der Waals surface area contributed by atoms with Crippen molar-refractivity contribution in [2.75, 3.05) is 43.6 Å². The number of para-hydroxylation sites is 1. The number of aromatic nitrogens is 1. The van der Waals surface area contributed by atoms with Crippen LogP contribution in [-0.4, -0.2) is 61.4 Å². The number of nitrogens with zero attached hydrogens (tertiary/aromatic N) is 4. The summed E-state index contributed by atoms with van der Waals surface area (Å²) in [4.78, 5) is 47.8. The zero-order chi connectivity index (χ0) is 24.2. The topological polar surface area (TPSA) is 83.0 Å². The average Bonchev–Trinajstić information content (AvgIpc) is 3.40. The molecule has 0 N–H and O–H groups in total. The maximum absolute atomic E-state index is 13.7. The fraction of sp³-hybridized carbons (Fsp3) is 0.360. The van der Waals surface area contributed by atoms with Crippen molar-refractivity contribution >= 4 is 50.1 Å². The fourth-order valence-corrected chi connectivity index (χ4v) is 4.93. The molecule has 0 unspecified atom stereocenters. The summed E-state index contributed by atoms with van der Waals surface area (Å²) in [5.74, 6) is -0.0212. The Balaban J connectivity index is 1.69. The smallest absolute Gasteiger partial charge is 0.260 e. The summed E-state index contributed by atoms with van der Waals surface area (Å²) in [7, 11) is 3.98. The first-order valence-corrected chi connectivity index (χ1v) is 12.2. The van der Waals surface area contributed by atoms with Crippen molar-refractivity contribution in [2.45, 2.75) is 26.2 Å². The lowest BCUT2D eigenvalue weighted by molar-refractivity contribution is -0.121. The lowest BCUT2D eigenvalue weighted by atomic mass is 10.1.